The number of carboxylic acid groups (broad SMARTS) is 1. The van der Waals surface area contributed by atoms with Gasteiger partial charge in [-0.2, -0.15) is 0 Å². The first-order chi connectivity index (χ1) is 9.11. The molecule has 1 atom stereocenters. The van der Waals surface area contributed by atoms with Crippen molar-refractivity contribution in [2.24, 2.45) is 17.8 Å². The van der Waals surface area contributed by atoms with E-state index >= 15 is 0 Å². The van der Waals surface area contributed by atoms with Crippen molar-refractivity contribution in [3.8, 4) is 0 Å². The zero-order valence-corrected chi connectivity index (χ0v) is 11.3. The van der Waals surface area contributed by atoms with E-state index in [1.54, 1.807) is 0 Å². The number of carboxylic acids is 1. The van der Waals surface area contributed by atoms with Gasteiger partial charge in [0, 0.05) is 25.6 Å². The zero-order chi connectivity index (χ0) is 13.8. The van der Waals surface area contributed by atoms with Crippen LogP contribution in [-0.4, -0.2) is 46.7 Å². The van der Waals surface area contributed by atoms with E-state index in [4.69, 9.17) is 10.2 Å². The number of aliphatic carboxylic acids is 1. The van der Waals surface area contributed by atoms with Gasteiger partial charge in [0.25, 0.3) is 0 Å². The Morgan fingerprint density at radius 3 is 2.26 bits per heavy atom. The molecule has 0 aromatic carbocycles. The SMILES string of the molecule is O=C(O)C1CCC(C(=O)N2CCC(CCO)C2)CC1. The van der Waals surface area contributed by atoms with Crippen molar-refractivity contribution in [1.82, 2.24) is 4.90 Å². The van der Waals surface area contributed by atoms with Crippen LogP contribution in [0.4, 0.5) is 0 Å². The average Bonchev–Trinajstić information content (AvgIpc) is 2.87. The molecule has 108 valence electrons. The highest BCUT2D eigenvalue weighted by atomic mass is 16.4. The minimum Gasteiger partial charge on any atom is -0.481 e. The van der Waals surface area contributed by atoms with Gasteiger partial charge >= 0.3 is 5.97 Å². The summed E-state index contributed by atoms with van der Waals surface area (Å²) in [7, 11) is 0. The number of likely N-dealkylation sites (tertiary alicyclic amines) is 1. The Labute approximate surface area is 113 Å². The third-order valence-corrected chi connectivity index (χ3v) is 4.56. The minimum atomic E-state index is -0.727. The first-order valence-electron chi connectivity index (χ1n) is 7.24. The van der Waals surface area contributed by atoms with Gasteiger partial charge in [0.05, 0.1) is 5.92 Å². The number of carbonyl (C=O) groups is 2. The molecule has 0 aromatic rings. The molecule has 5 heteroatoms. The second kappa shape index (κ2) is 6.37. The Morgan fingerprint density at radius 2 is 1.68 bits per heavy atom. The molecular formula is C14H23NO4. The molecule has 0 radical (unpaired) electrons. The van der Waals surface area contributed by atoms with Gasteiger partial charge in [-0.05, 0) is 44.4 Å². The lowest BCUT2D eigenvalue weighted by Gasteiger charge is -2.28. The molecule has 2 N–H and O–H groups in total. The first-order valence-corrected chi connectivity index (χ1v) is 7.24. The van der Waals surface area contributed by atoms with Crippen LogP contribution in [0.3, 0.4) is 0 Å². The second-order valence-electron chi connectivity index (χ2n) is 5.84. The van der Waals surface area contributed by atoms with Crippen molar-refractivity contribution in [1.29, 1.82) is 0 Å². The molecule has 19 heavy (non-hydrogen) atoms. The quantitative estimate of drug-likeness (QED) is 0.801. The minimum absolute atomic E-state index is 0.0171. The predicted octanol–water partition coefficient (Wildman–Crippen LogP) is 1.11. The van der Waals surface area contributed by atoms with E-state index < -0.39 is 5.97 Å². The molecule has 2 fully saturated rings. The summed E-state index contributed by atoms with van der Waals surface area (Å²) in [5.41, 5.74) is 0. The second-order valence-corrected chi connectivity index (χ2v) is 5.84. The Morgan fingerprint density at radius 1 is 1.05 bits per heavy atom. The first kappa shape index (κ1) is 14.3. The van der Waals surface area contributed by atoms with Crippen molar-refractivity contribution in [2.45, 2.75) is 38.5 Å². The highest BCUT2D eigenvalue weighted by Gasteiger charge is 2.34. The fraction of sp³-hybridized carbons (Fsp3) is 0.857. The molecule has 1 saturated carbocycles. The number of amides is 1. The maximum Gasteiger partial charge on any atom is 0.306 e. The van der Waals surface area contributed by atoms with Crippen molar-refractivity contribution < 1.29 is 19.8 Å². The van der Waals surface area contributed by atoms with Crippen LogP contribution in [0, 0.1) is 17.8 Å². The normalized spacial score (nSPS) is 31.4. The molecule has 0 spiro atoms. The average molecular weight is 269 g/mol. The number of carbonyl (C=O) groups excluding carboxylic acids is 1. The molecule has 5 nitrogen and oxygen atoms in total. The summed E-state index contributed by atoms with van der Waals surface area (Å²) in [6.45, 7) is 1.75. The van der Waals surface area contributed by atoms with E-state index in [2.05, 4.69) is 0 Å². The highest BCUT2D eigenvalue weighted by molar-refractivity contribution is 5.79. The third kappa shape index (κ3) is 3.47. The van der Waals surface area contributed by atoms with Gasteiger partial charge < -0.3 is 15.1 Å². The van der Waals surface area contributed by atoms with Crippen LogP contribution in [0.2, 0.25) is 0 Å². The van der Waals surface area contributed by atoms with E-state index in [1.165, 1.54) is 0 Å². The summed E-state index contributed by atoms with van der Waals surface area (Å²) in [6.07, 6.45) is 4.42. The number of aliphatic hydroxyl groups is 1. The number of nitrogens with zero attached hydrogens (tertiary/aromatic N) is 1. The summed E-state index contributed by atoms with van der Waals surface area (Å²) in [5, 5.41) is 17.9. The maximum atomic E-state index is 12.3. The van der Waals surface area contributed by atoms with E-state index in [9.17, 15) is 9.59 Å². The fourth-order valence-electron chi connectivity index (χ4n) is 3.30. The van der Waals surface area contributed by atoms with Gasteiger partial charge in [0.2, 0.25) is 5.91 Å². The van der Waals surface area contributed by atoms with Crippen molar-refractivity contribution in [2.75, 3.05) is 19.7 Å². The Hall–Kier alpha value is -1.10. The van der Waals surface area contributed by atoms with Gasteiger partial charge in [-0.15, -0.1) is 0 Å². The Kier molecular flexibility index (Phi) is 4.80. The molecule has 2 aliphatic rings. The number of rotatable bonds is 4. The molecular weight excluding hydrogens is 246 g/mol. The maximum absolute atomic E-state index is 12.3. The molecule has 1 amide bonds. The lowest BCUT2D eigenvalue weighted by molar-refractivity contribution is -0.145. The zero-order valence-electron chi connectivity index (χ0n) is 11.3. The smallest absolute Gasteiger partial charge is 0.306 e. The summed E-state index contributed by atoms with van der Waals surface area (Å²) in [6, 6.07) is 0. The lowest BCUT2D eigenvalue weighted by Crippen LogP contribution is -2.37. The largest absolute Gasteiger partial charge is 0.481 e. The Balaban J connectivity index is 1.80. The molecule has 0 bridgehead atoms. The van der Waals surface area contributed by atoms with Crippen LogP contribution >= 0.6 is 0 Å². The number of hydrogen-bond acceptors (Lipinski definition) is 3. The van der Waals surface area contributed by atoms with Crippen molar-refractivity contribution in [3.05, 3.63) is 0 Å². The summed E-state index contributed by atoms with van der Waals surface area (Å²) >= 11 is 0. The molecule has 1 saturated heterocycles. The number of hydrogen-bond donors (Lipinski definition) is 2. The highest BCUT2D eigenvalue weighted by Crippen LogP contribution is 2.31. The monoisotopic (exact) mass is 269 g/mol. The van der Waals surface area contributed by atoms with E-state index in [-0.39, 0.29) is 24.3 Å². The molecule has 1 heterocycles. The Bertz CT molecular complexity index is 336. The summed E-state index contributed by atoms with van der Waals surface area (Å²) < 4.78 is 0. The van der Waals surface area contributed by atoms with Gasteiger partial charge in [-0.25, -0.2) is 0 Å². The van der Waals surface area contributed by atoms with Crippen LogP contribution in [0.1, 0.15) is 38.5 Å². The topological polar surface area (TPSA) is 77.8 Å². The molecule has 0 aromatic heterocycles. The van der Waals surface area contributed by atoms with Gasteiger partial charge in [0.15, 0.2) is 0 Å². The molecule has 1 aliphatic heterocycles. The van der Waals surface area contributed by atoms with E-state index in [0.717, 1.165) is 25.9 Å². The molecule has 2 rings (SSSR count). The van der Waals surface area contributed by atoms with E-state index in [1.807, 2.05) is 4.90 Å². The third-order valence-electron chi connectivity index (χ3n) is 4.56. The fourth-order valence-corrected chi connectivity index (χ4v) is 3.30. The van der Waals surface area contributed by atoms with Gasteiger partial charge in [-0.1, -0.05) is 0 Å². The standard InChI is InChI=1S/C14H23NO4/c16-8-6-10-5-7-15(9-10)13(17)11-1-3-12(4-2-11)14(18)19/h10-12,16H,1-9H2,(H,18,19). The van der Waals surface area contributed by atoms with Gasteiger partial charge in [-0.3, -0.25) is 9.59 Å². The van der Waals surface area contributed by atoms with Gasteiger partial charge in [0.1, 0.15) is 0 Å². The molecule has 1 aliphatic carbocycles. The van der Waals surface area contributed by atoms with Crippen LogP contribution in [0.5, 0.6) is 0 Å². The summed E-state index contributed by atoms with van der Waals surface area (Å²) in [5.74, 6) is -0.336. The predicted molar refractivity (Wildman–Crippen MR) is 69.5 cm³/mol. The molecule has 1 unspecified atom stereocenters. The van der Waals surface area contributed by atoms with Crippen molar-refractivity contribution >= 4 is 11.9 Å². The summed E-state index contributed by atoms with van der Waals surface area (Å²) in [4.78, 5) is 25.1. The number of aliphatic hydroxyl groups excluding tert-OH is 1. The lowest BCUT2D eigenvalue weighted by atomic mass is 9.81. The van der Waals surface area contributed by atoms with Crippen molar-refractivity contribution in [3.63, 3.8) is 0 Å². The van der Waals surface area contributed by atoms with E-state index in [0.29, 0.717) is 31.6 Å². The van der Waals surface area contributed by atoms with Crippen LogP contribution in [0.15, 0.2) is 0 Å². The van der Waals surface area contributed by atoms with Crippen LogP contribution in [0.25, 0.3) is 0 Å². The van der Waals surface area contributed by atoms with Crippen LogP contribution in [-0.2, 0) is 9.59 Å². The van der Waals surface area contributed by atoms with Crippen LogP contribution < -0.4 is 0 Å².